The molecule has 1 atom stereocenters. The quantitative estimate of drug-likeness (QED) is 0.761. The average Bonchev–Trinajstić information content (AvgIpc) is 2.70. The third-order valence-electron chi connectivity index (χ3n) is 5.51. The highest BCUT2D eigenvalue weighted by Gasteiger charge is 2.43. The first-order valence-corrected chi connectivity index (χ1v) is 9.88. The summed E-state index contributed by atoms with van der Waals surface area (Å²) in [7, 11) is 0. The minimum atomic E-state index is -0.927. The van der Waals surface area contributed by atoms with E-state index in [1.165, 1.54) is 6.07 Å². The molecule has 1 N–H and O–H groups in total. The van der Waals surface area contributed by atoms with Gasteiger partial charge in [0, 0.05) is 24.5 Å². The number of rotatable bonds is 6. The number of hydrogen-bond donors (Lipinski definition) is 1. The summed E-state index contributed by atoms with van der Waals surface area (Å²) in [5, 5.41) is 3.00. The first-order valence-electron chi connectivity index (χ1n) is 9.88. The molecular weight excluding hydrogens is 357 g/mol. The molecule has 0 radical (unpaired) electrons. The third kappa shape index (κ3) is 4.20. The first-order chi connectivity index (χ1) is 13.5. The summed E-state index contributed by atoms with van der Waals surface area (Å²) in [5.74, 6) is 0.256. The summed E-state index contributed by atoms with van der Waals surface area (Å²) in [5.41, 5.74) is 1.14. The molecule has 150 valence electrons. The van der Waals surface area contributed by atoms with E-state index in [1.54, 1.807) is 18.2 Å². The van der Waals surface area contributed by atoms with Crippen LogP contribution in [0.2, 0.25) is 0 Å². The van der Waals surface area contributed by atoms with E-state index in [0.717, 1.165) is 17.7 Å². The number of anilines is 1. The Morgan fingerprint density at radius 3 is 2.61 bits per heavy atom. The smallest absolute Gasteiger partial charge is 0.235 e. The van der Waals surface area contributed by atoms with Gasteiger partial charge in [0.05, 0.1) is 11.5 Å². The summed E-state index contributed by atoms with van der Waals surface area (Å²) in [4.78, 5) is 13.3. The molecule has 0 aliphatic carbocycles. The monoisotopic (exact) mass is 385 g/mol. The molecule has 1 heterocycles. The van der Waals surface area contributed by atoms with Crippen molar-refractivity contribution in [1.29, 1.82) is 0 Å². The standard InChI is InChI=1S/C23H28FNO3/c1-4-17(3)28-21-10-9-18(15-16(21)2)25-22(26)23(11-13-27-14-12-23)19-7-5-6-8-20(19)24/h5-10,15,17H,4,11-14H2,1-3H3,(H,25,26). The van der Waals surface area contributed by atoms with Gasteiger partial charge < -0.3 is 14.8 Å². The topological polar surface area (TPSA) is 47.6 Å². The molecule has 28 heavy (non-hydrogen) atoms. The van der Waals surface area contributed by atoms with Gasteiger partial charge in [-0.3, -0.25) is 4.79 Å². The van der Waals surface area contributed by atoms with Crippen molar-refractivity contribution < 1.29 is 18.7 Å². The third-order valence-corrected chi connectivity index (χ3v) is 5.51. The Kier molecular flexibility index (Phi) is 6.35. The molecule has 1 amide bonds. The summed E-state index contributed by atoms with van der Waals surface area (Å²) in [6.45, 7) is 6.92. The molecule has 1 saturated heterocycles. The predicted octanol–water partition coefficient (Wildman–Crippen LogP) is 5.00. The fourth-order valence-electron chi connectivity index (χ4n) is 3.60. The molecule has 2 aromatic rings. The number of ether oxygens (including phenoxy) is 2. The van der Waals surface area contributed by atoms with Crippen molar-refractivity contribution in [3.63, 3.8) is 0 Å². The molecule has 4 nitrogen and oxygen atoms in total. The molecule has 3 rings (SSSR count). The Bertz CT molecular complexity index is 830. The van der Waals surface area contributed by atoms with Crippen LogP contribution in [-0.4, -0.2) is 25.2 Å². The molecular formula is C23H28FNO3. The number of aryl methyl sites for hydroxylation is 1. The Morgan fingerprint density at radius 2 is 1.96 bits per heavy atom. The number of carbonyl (C=O) groups is 1. The van der Waals surface area contributed by atoms with Crippen molar-refractivity contribution in [1.82, 2.24) is 0 Å². The SMILES string of the molecule is CCC(C)Oc1ccc(NC(=O)C2(c3ccccc3F)CCOCC2)cc1C. The molecule has 1 aliphatic heterocycles. The van der Waals surface area contributed by atoms with Gasteiger partial charge in [-0.25, -0.2) is 4.39 Å². The Hall–Kier alpha value is -2.40. The minimum Gasteiger partial charge on any atom is -0.490 e. The zero-order valence-electron chi connectivity index (χ0n) is 16.8. The lowest BCUT2D eigenvalue weighted by molar-refractivity contribution is -0.125. The lowest BCUT2D eigenvalue weighted by Gasteiger charge is -2.36. The molecule has 0 spiro atoms. The first kappa shape index (κ1) is 20.3. The van der Waals surface area contributed by atoms with Gasteiger partial charge in [-0.15, -0.1) is 0 Å². The maximum atomic E-state index is 14.6. The van der Waals surface area contributed by atoms with Crippen LogP contribution >= 0.6 is 0 Å². The number of nitrogens with one attached hydrogen (secondary N) is 1. The zero-order valence-corrected chi connectivity index (χ0v) is 16.8. The number of carbonyl (C=O) groups excluding carboxylic acids is 1. The van der Waals surface area contributed by atoms with E-state index in [0.29, 0.717) is 37.3 Å². The highest BCUT2D eigenvalue weighted by molar-refractivity contribution is 5.99. The maximum absolute atomic E-state index is 14.6. The highest BCUT2D eigenvalue weighted by atomic mass is 19.1. The summed E-state index contributed by atoms with van der Waals surface area (Å²) in [6, 6.07) is 12.1. The van der Waals surface area contributed by atoms with Crippen LogP contribution in [0, 0.1) is 12.7 Å². The highest BCUT2D eigenvalue weighted by Crippen LogP contribution is 2.38. The van der Waals surface area contributed by atoms with Gasteiger partial charge in [0.2, 0.25) is 5.91 Å². The van der Waals surface area contributed by atoms with Crippen LogP contribution in [0.4, 0.5) is 10.1 Å². The Balaban J connectivity index is 1.85. The van der Waals surface area contributed by atoms with Crippen molar-refractivity contribution in [3.8, 4) is 5.75 Å². The van der Waals surface area contributed by atoms with E-state index in [1.807, 2.05) is 32.0 Å². The maximum Gasteiger partial charge on any atom is 0.235 e. The number of hydrogen-bond acceptors (Lipinski definition) is 3. The summed E-state index contributed by atoms with van der Waals surface area (Å²) in [6.07, 6.45) is 1.96. The predicted molar refractivity (Wildman–Crippen MR) is 108 cm³/mol. The molecule has 2 aromatic carbocycles. The van der Waals surface area contributed by atoms with Crippen molar-refractivity contribution in [2.75, 3.05) is 18.5 Å². The van der Waals surface area contributed by atoms with Gasteiger partial charge in [-0.2, -0.15) is 0 Å². The molecule has 0 bridgehead atoms. The second kappa shape index (κ2) is 8.74. The zero-order chi connectivity index (χ0) is 20.1. The van der Waals surface area contributed by atoms with Crippen LogP contribution in [0.1, 0.15) is 44.2 Å². The van der Waals surface area contributed by atoms with E-state index in [4.69, 9.17) is 9.47 Å². The van der Waals surface area contributed by atoms with E-state index in [9.17, 15) is 9.18 Å². The molecule has 0 aromatic heterocycles. The van der Waals surface area contributed by atoms with Crippen molar-refractivity contribution in [2.45, 2.75) is 51.6 Å². The Morgan fingerprint density at radius 1 is 1.25 bits per heavy atom. The lowest BCUT2D eigenvalue weighted by Crippen LogP contribution is -2.45. The molecule has 0 saturated carbocycles. The van der Waals surface area contributed by atoms with E-state index in [2.05, 4.69) is 12.2 Å². The molecule has 5 heteroatoms. The average molecular weight is 385 g/mol. The van der Waals surface area contributed by atoms with Gasteiger partial charge >= 0.3 is 0 Å². The summed E-state index contributed by atoms with van der Waals surface area (Å²) < 4.78 is 25.9. The second-order valence-electron chi connectivity index (χ2n) is 7.45. The van der Waals surface area contributed by atoms with Gasteiger partial charge in [0.1, 0.15) is 11.6 Å². The number of halogens is 1. The largest absolute Gasteiger partial charge is 0.490 e. The molecule has 1 unspecified atom stereocenters. The van der Waals surface area contributed by atoms with Crippen LogP contribution in [-0.2, 0) is 14.9 Å². The van der Waals surface area contributed by atoms with Crippen LogP contribution in [0.25, 0.3) is 0 Å². The number of benzene rings is 2. The summed E-state index contributed by atoms with van der Waals surface area (Å²) >= 11 is 0. The minimum absolute atomic E-state index is 0.130. The van der Waals surface area contributed by atoms with Crippen molar-refractivity contribution in [3.05, 3.63) is 59.4 Å². The van der Waals surface area contributed by atoms with Gasteiger partial charge in [-0.05, 0) is 62.9 Å². The van der Waals surface area contributed by atoms with Gasteiger partial charge in [0.15, 0.2) is 0 Å². The van der Waals surface area contributed by atoms with Crippen LogP contribution in [0.3, 0.4) is 0 Å². The number of amides is 1. The van der Waals surface area contributed by atoms with Gasteiger partial charge in [0.25, 0.3) is 0 Å². The van der Waals surface area contributed by atoms with Crippen LogP contribution < -0.4 is 10.1 Å². The van der Waals surface area contributed by atoms with Crippen molar-refractivity contribution >= 4 is 11.6 Å². The fourth-order valence-corrected chi connectivity index (χ4v) is 3.60. The lowest BCUT2D eigenvalue weighted by atomic mass is 9.73. The second-order valence-corrected chi connectivity index (χ2v) is 7.45. The Labute approximate surface area is 166 Å². The fraction of sp³-hybridized carbons (Fsp3) is 0.435. The molecule has 1 fully saturated rings. The van der Waals surface area contributed by atoms with E-state index in [-0.39, 0.29) is 17.8 Å². The van der Waals surface area contributed by atoms with Crippen molar-refractivity contribution in [2.24, 2.45) is 0 Å². The normalized spacial score (nSPS) is 17.0. The molecule has 1 aliphatic rings. The van der Waals surface area contributed by atoms with E-state index < -0.39 is 5.41 Å². The van der Waals surface area contributed by atoms with Crippen LogP contribution in [0.5, 0.6) is 5.75 Å². The van der Waals surface area contributed by atoms with Crippen LogP contribution in [0.15, 0.2) is 42.5 Å². The van der Waals surface area contributed by atoms with E-state index >= 15 is 0 Å². The van der Waals surface area contributed by atoms with Gasteiger partial charge in [-0.1, -0.05) is 25.1 Å².